The van der Waals surface area contributed by atoms with Gasteiger partial charge in [0.2, 0.25) is 0 Å². The van der Waals surface area contributed by atoms with Crippen molar-refractivity contribution in [2.75, 3.05) is 32.2 Å². The summed E-state index contributed by atoms with van der Waals surface area (Å²) in [6.45, 7) is 4.26. The molecule has 0 radical (unpaired) electrons. The molecule has 0 aromatic heterocycles. The highest BCUT2D eigenvalue weighted by atomic mass is 16.5. The van der Waals surface area contributed by atoms with Gasteiger partial charge in [-0.15, -0.1) is 0 Å². The highest BCUT2D eigenvalue weighted by Crippen LogP contribution is 2.14. The van der Waals surface area contributed by atoms with Crippen LogP contribution in [0.15, 0.2) is 29.3 Å². The second-order valence-corrected chi connectivity index (χ2v) is 4.02. The third-order valence-electron chi connectivity index (χ3n) is 2.55. The summed E-state index contributed by atoms with van der Waals surface area (Å²) in [5.74, 6) is 1.25. The molecule has 3 N–H and O–H groups in total. The first kappa shape index (κ1) is 15.3. The summed E-state index contributed by atoms with van der Waals surface area (Å²) in [7, 11) is 1.64. The maximum Gasteiger partial charge on any atom is 0.193 e. The number of aliphatic imine (C=N–C) groups is 1. The molecule has 5 nitrogen and oxygen atoms in total. The molecule has 1 aromatic carbocycles. The van der Waals surface area contributed by atoms with Gasteiger partial charge >= 0.3 is 0 Å². The molecule has 19 heavy (non-hydrogen) atoms. The van der Waals surface area contributed by atoms with Crippen molar-refractivity contribution in [3.8, 4) is 5.75 Å². The van der Waals surface area contributed by atoms with E-state index in [0.717, 1.165) is 37.5 Å². The van der Waals surface area contributed by atoms with Crippen LogP contribution in [0.2, 0.25) is 0 Å². The van der Waals surface area contributed by atoms with Gasteiger partial charge in [0, 0.05) is 25.4 Å². The number of ether oxygens (including phenoxy) is 2. The van der Waals surface area contributed by atoms with E-state index in [4.69, 9.17) is 15.2 Å². The first-order valence-corrected chi connectivity index (χ1v) is 6.55. The normalized spacial score (nSPS) is 11.4. The Hall–Kier alpha value is -1.75. The average molecular weight is 265 g/mol. The summed E-state index contributed by atoms with van der Waals surface area (Å²) < 4.78 is 10.3. The van der Waals surface area contributed by atoms with Crippen molar-refractivity contribution in [1.82, 2.24) is 0 Å². The van der Waals surface area contributed by atoms with E-state index in [1.807, 2.05) is 31.2 Å². The van der Waals surface area contributed by atoms with E-state index in [1.54, 1.807) is 7.11 Å². The standard InChI is InChI=1S/C14H23N3O2/c1-3-19-11-5-4-10-16-14(15)17-12-6-8-13(18-2)9-7-12/h6-9H,3-5,10-11H2,1-2H3,(H3,15,16,17). The first-order valence-electron chi connectivity index (χ1n) is 6.55. The van der Waals surface area contributed by atoms with E-state index >= 15 is 0 Å². The molecule has 0 aliphatic rings. The van der Waals surface area contributed by atoms with E-state index in [2.05, 4.69) is 10.3 Å². The Labute approximate surface area is 114 Å². The monoisotopic (exact) mass is 265 g/mol. The molecule has 106 valence electrons. The predicted molar refractivity (Wildman–Crippen MR) is 78.8 cm³/mol. The van der Waals surface area contributed by atoms with E-state index in [0.29, 0.717) is 12.5 Å². The third-order valence-corrected chi connectivity index (χ3v) is 2.55. The van der Waals surface area contributed by atoms with Crippen LogP contribution in [0.4, 0.5) is 5.69 Å². The SMILES string of the molecule is CCOCCCCN=C(N)Nc1ccc(OC)cc1. The van der Waals surface area contributed by atoms with E-state index in [9.17, 15) is 0 Å². The molecular weight excluding hydrogens is 242 g/mol. The number of nitrogens with zero attached hydrogens (tertiary/aromatic N) is 1. The molecule has 1 rings (SSSR count). The maximum absolute atomic E-state index is 5.79. The zero-order valence-electron chi connectivity index (χ0n) is 11.7. The van der Waals surface area contributed by atoms with E-state index in [-0.39, 0.29) is 0 Å². The summed E-state index contributed by atoms with van der Waals surface area (Å²) in [6.07, 6.45) is 1.98. The number of guanidine groups is 1. The molecule has 0 fully saturated rings. The number of hydrogen-bond donors (Lipinski definition) is 2. The zero-order valence-corrected chi connectivity index (χ0v) is 11.7. The van der Waals surface area contributed by atoms with Gasteiger partial charge in [-0.3, -0.25) is 4.99 Å². The lowest BCUT2D eigenvalue weighted by Crippen LogP contribution is -2.22. The van der Waals surface area contributed by atoms with Crippen molar-refractivity contribution in [1.29, 1.82) is 0 Å². The molecule has 0 spiro atoms. The number of benzene rings is 1. The van der Waals surface area contributed by atoms with Crippen LogP contribution in [-0.2, 0) is 4.74 Å². The fourth-order valence-corrected chi connectivity index (χ4v) is 1.52. The largest absolute Gasteiger partial charge is 0.497 e. The molecule has 0 heterocycles. The van der Waals surface area contributed by atoms with Gasteiger partial charge in [-0.05, 0) is 44.0 Å². The van der Waals surface area contributed by atoms with Gasteiger partial charge in [-0.1, -0.05) is 0 Å². The Morgan fingerprint density at radius 2 is 2.00 bits per heavy atom. The first-order chi connectivity index (χ1) is 9.26. The molecule has 0 amide bonds. The molecule has 0 aliphatic heterocycles. The molecule has 0 atom stereocenters. The topological polar surface area (TPSA) is 68.9 Å². The molecule has 0 aliphatic carbocycles. The predicted octanol–water partition coefficient (Wildman–Crippen LogP) is 2.24. The van der Waals surface area contributed by atoms with Crippen LogP contribution in [0.1, 0.15) is 19.8 Å². The number of nitrogens with two attached hydrogens (primary N) is 1. The van der Waals surface area contributed by atoms with E-state index < -0.39 is 0 Å². The number of rotatable bonds is 8. The van der Waals surface area contributed by atoms with Gasteiger partial charge in [0.05, 0.1) is 7.11 Å². The molecule has 0 unspecified atom stereocenters. The smallest absolute Gasteiger partial charge is 0.193 e. The minimum absolute atomic E-state index is 0.432. The fraction of sp³-hybridized carbons (Fsp3) is 0.500. The summed E-state index contributed by atoms with van der Waals surface area (Å²) in [6, 6.07) is 7.54. The Balaban J connectivity index is 2.26. The van der Waals surface area contributed by atoms with Crippen LogP contribution >= 0.6 is 0 Å². The lowest BCUT2D eigenvalue weighted by Gasteiger charge is -2.06. The number of nitrogens with one attached hydrogen (secondary N) is 1. The van der Waals surface area contributed by atoms with Crippen LogP contribution in [0.25, 0.3) is 0 Å². The van der Waals surface area contributed by atoms with Crippen molar-refractivity contribution in [2.24, 2.45) is 10.7 Å². The average Bonchev–Trinajstić information content (AvgIpc) is 2.43. The third kappa shape index (κ3) is 6.67. The van der Waals surface area contributed by atoms with Crippen molar-refractivity contribution in [3.63, 3.8) is 0 Å². The van der Waals surface area contributed by atoms with Crippen LogP contribution in [0.3, 0.4) is 0 Å². The van der Waals surface area contributed by atoms with Gasteiger partial charge in [-0.2, -0.15) is 0 Å². The van der Waals surface area contributed by atoms with Crippen LogP contribution < -0.4 is 15.8 Å². The van der Waals surface area contributed by atoms with Gasteiger partial charge in [0.15, 0.2) is 5.96 Å². The van der Waals surface area contributed by atoms with Crippen LogP contribution in [0.5, 0.6) is 5.75 Å². The number of anilines is 1. The molecule has 5 heteroatoms. The van der Waals surface area contributed by atoms with Gasteiger partial charge < -0.3 is 20.5 Å². The maximum atomic E-state index is 5.79. The minimum Gasteiger partial charge on any atom is -0.497 e. The Bertz CT molecular complexity index is 377. The highest BCUT2D eigenvalue weighted by Gasteiger charge is 1.96. The van der Waals surface area contributed by atoms with Crippen molar-refractivity contribution in [3.05, 3.63) is 24.3 Å². The Morgan fingerprint density at radius 1 is 1.26 bits per heavy atom. The molecule has 0 saturated carbocycles. The van der Waals surface area contributed by atoms with Crippen molar-refractivity contribution >= 4 is 11.6 Å². The molecule has 0 saturated heterocycles. The van der Waals surface area contributed by atoms with Crippen LogP contribution in [-0.4, -0.2) is 32.8 Å². The second-order valence-electron chi connectivity index (χ2n) is 4.02. The lowest BCUT2D eigenvalue weighted by molar-refractivity contribution is 0.144. The second kappa shape index (κ2) is 9.22. The quantitative estimate of drug-likeness (QED) is 0.430. The van der Waals surface area contributed by atoms with Gasteiger partial charge in [-0.25, -0.2) is 0 Å². The molecule has 1 aromatic rings. The number of methoxy groups -OCH3 is 1. The lowest BCUT2D eigenvalue weighted by atomic mass is 10.3. The number of hydrogen-bond acceptors (Lipinski definition) is 3. The zero-order chi connectivity index (χ0) is 13.9. The minimum atomic E-state index is 0.432. The summed E-state index contributed by atoms with van der Waals surface area (Å²) in [5, 5.41) is 3.04. The summed E-state index contributed by atoms with van der Waals surface area (Å²) >= 11 is 0. The molecular formula is C14H23N3O2. The highest BCUT2D eigenvalue weighted by molar-refractivity contribution is 5.92. The fourth-order valence-electron chi connectivity index (χ4n) is 1.52. The Kier molecular flexibility index (Phi) is 7.43. The summed E-state index contributed by atoms with van der Waals surface area (Å²) in [4.78, 5) is 4.26. The van der Waals surface area contributed by atoms with Gasteiger partial charge in [0.1, 0.15) is 5.75 Å². The van der Waals surface area contributed by atoms with Gasteiger partial charge in [0.25, 0.3) is 0 Å². The summed E-state index contributed by atoms with van der Waals surface area (Å²) in [5.41, 5.74) is 6.69. The van der Waals surface area contributed by atoms with Crippen LogP contribution in [0, 0.1) is 0 Å². The Morgan fingerprint density at radius 3 is 2.63 bits per heavy atom. The van der Waals surface area contributed by atoms with Crippen molar-refractivity contribution in [2.45, 2.75) is 19.8 Å². The van der Waals surface area contributed by atoms with Crippen molar-refractivity contribution < 1.29 is 9.47 Å². The number of unbranched alkanes of at least 4 members (excludes halogenated alkanes) is 1. The van der Waals surface area contributed by atoms with E-state index in [1.165, 1.54) is 0 Å². The molecule has 0 bridgehead atoms.